The van der Waals surface area contributed by atoms with Gasteiger partial charge in [0.15, 0.2) is 5.78 Å². The van der Waals surface area contributed by atoms with E-state index in [1.807, 2.05) is 39.0 Å². The molecule has 130 valence electrons. The first-order valence-corrected chi connectivity index (χ1v) is 8.45. The van der Waals surface area contributed by atoms with E-state index in [2.05, 4.69) is 10.3 Å². The zero-order valence-corrected chi connectivity index (χ0v) is 14.5. The molecule has 1 aliphatic carbocycles. The molecule has 1 aromatic heterocycles. The highest BCUT2D eigenvalue weighted by molar-refractivity contribution is 5.91. The third kappa shape index (κ3) is 3.86. The van der Waals surface area contributed by atoms with Crippen LogP contribution in [0.3, 0.4) is 0 Å². The van der Waals surface area contributed by atoms with E-state index in [-0.39, 0.29) is 23.8 Å². The van der Waals surface area contributed by atoms with Gasteiger partial charge in [-0.1, -0.05) is 6.07 Å². The summed E-state index contributed by atoms with van der Waals surface area (Å²) in [5, 5.41) is 3.04. The molecule has 24 heavy (non-hydrogen) atoms. The van der Waals surface area contributed by atoms with Crippen LogP contribution in [0, 0.1) is 5.41 Å². The number of hydrogen-bond acceptors (Lipinski definition) is 5. The second-order valence-electron chi connectivity index (χ2n) is 7.86. The number of nitrogens with one attached hydrogen (secondary N) is 1. The smallest absolute Gasteiger partial charge is 0.410 e. The zero-order valence-electron chi connectivity index (χ0n) is 14.5. The standard InChI is InChI=1S/C18H25N3O3/c1-17(2,3)24-16(23)21-12-18(7-8-18)10-13(21)14(22)11-20-15-6-4-5-9-19-15/h4-6,9,13H,7-8,10-12H2,1-3H3,(H,19,20)/t13-/m0/s1. The summed E-state index contributed by atoms with van der Waals surface area (Å²) in [6.45, 7) is 6.31. The highest BCUT2D eigenvalue weighted by Crippen LogP contribution is 2.55. The Morgan fingerprint density at radius 1 is 1.38 bits per heavy atom. The lowest BCUT2D eigenvalue weighted by Gasteiger charge is -2.28. The van der Waals surface area contributed by atoms with Crippen LogP contribution in [0.25, 0.3) is 0 Å². The molecule has 0 aromatic carbocycles. The number of anilines is 1. The fraction of sp³-hybridized carbons (Fsp3) is 0.611. The molecular weight excluding hydrogens is 306 g/mol. The van der Waals surface area contributed by atoms with Gasteiger partial charge >= 0.3 is 6.09 Å². The lowest BCUT2D eigenvalue weighted by atomic mass is 10.0. The quantitative estimate of drug-likeness (QED) is 0.918. The molecule has 1 aromatic rings. The Kier molecular flexibility index (Phi) is 4.24. The van der Waals surface area contributed by atoms with Crippen LogP contribution in [0.1, 0.15) is 40.0 Å². The number of likely N-dealkylation sites (tertiary alicyclic amines) is 1. The summed E-state index contributed by atoms with van der Waals surface area (Å²) < 4.78 is 5.49. The van der Waals surface area contributed by atoms with Crippen molar-refractivity contribution < 1.29 is 14.3 Å². The first-order chi connectivity index (χ1) is 11.3. The van der Waals surface area contributed by atoms with Gasteiger partial charge in [0.2, 0.25) is 0 Å². The molecule has 6 nitrogen and oxygen atoms in total. The minimum Gasteiger partial charge on any atom is -0.444 e. The van der Waals surface area contributed by atoms with Crippen molar-refractivity contribution in [2.24, 2.45) is 5.41 Å². The third-order valence-electron chi connectivity index (χ3n) is 4.57. The van der Waals surface area contributed by atoms with Gasteiger partial charge in [0.1, 0.15) is 11.4 Å². The monoisotopic (exact) mass is 331 g/mol. The van der Waals surface area contributed by atoms with Crippen LogP contribution >= 0.6 is 0 Å². The molecule has 6 heteroatoms. The molecule has 2 fully saturated rings. The van der Waals surface area contributed by atoms with E-state index in [4.69, 9.17) is 4.74 Å². The predicted molar refractivity (Wildman–Crippen MR) is 90.7 cm³/mol. The molecule has 1 saturated heterocycles. The molecule has 1 N–H and O–H groups in total. The molecule has 1 atom stereocenters. The number of ether oxygens (including phenoxy) is 1. The average molecular weight is 331 g/mol. The van der Waals surface area contributed by atoms with Crippen LogP contribution in [0.5, 0.6) is 0 Å². The van der Waals surface area contributed by atoms with E-state index in [1.54, 1.807) is 11.1 Å². The van der Waals surface area contributed by atoms with Crippen LogP contribution in [0.2, 0.25) is 0 Å². The number of hydrogen-bond donors (Lipinski definition) is 1. The normalized spacial score (nSPS) is 21.6. The molecule has 2 aliphatic rings. The number of pyridine rings is 1. The van der Waals surface area contributed by atoms with Crippen molar-refractivity contribution in [3.63, 3.8) is 0 Å². The molecule has 0 unspecified atom stereocenters. The van der Waals surface area contributed by atoms with Gasteiger partial charge in [-0.05, 0) is 57.6 Å². The SMILES string of the molecule is CC(C)(C)OC(=O)N1CC2(CC2)C[C@H]1C(=O)CNc1ccccn1. The average Bonchev–Trinajstić information content (AvgIpc) is 3.14. The van der Waals surface area contributed by atoms with Crippen LogP contribution < -0.4 is 5.32 Å². The van der Waals surface area contributed by atoms with E-state index in [9.17, 15) is 9.59 Å². The van der Waals surface area contributed by atoms with Gasteiger partial charge in [-0.3, -0.25) is 9.69 Å². The summed E-state index contributed by atoms with van der Waals surface area (Å²) in [7, 11) is 0. The van der Waals surface area contributed by atoms with Gasteiger partial charge < -0.3 is 10.1 Å². The number of amides is 1. The number of carbonyl (C=O) groups excluding carboxylic acids is 2. The molecule has 3 rings (SSSR count). The Hall–Kier alpha value is -2.11. The fourth-order valence-corrected chi connectivity index (χ4v) is 3.16. The lowest BCUT2D eigenvalue weighted by Crippen LogP contribution is -2.45. The topological polar surface area (TPSA) is 71.5 Å². The van der Waals surface area contributed by atoms with Gasteiger partial charge in [0.25, 0.3) is 0 Å². The van der Waals surface area contributed by atoms with Gasteiger partial charge in [-0.25, -0.2) is 9.78 Å². The predicted octanol–water partition coefficient (Wildman–Crippen LogP) is 2.85. The molecule has 1 amide bonds. The summed E-state index contributed by atoms with van der Waals surface area (Å²) in [4.78, 5) is 30.9. The summed E-state index contributed by atoms with van der Waals surface area (Å²) >= 11 is 0. The molecule has 1 aliphatic heterocycles. The third-order valence-corrected chi connectivity index (χ3v) is 4.57. The van der Waals surface area contributed by atoms with Crippen LogP contribution in [0.15, 0.2) is 24.4 Å². The number of aromatic nitrogens is 1. The highest BCUT2D eigenvalue weighted by Gasteiger charge is 2.55. The van der Waals surface area contributed by atoms with E-state index in [0.29, 0.717) is 12.4 Å². The molecule has 2 heterocycles. The fourth-order valence-electron chi connectivity index (χ4n) is 3.16. The van der Waals surface area contributed by atoms with Crippen molar-refractivity contribution in [3.05, 3.63) is 24.4 Å². The van der Waals surface area contributed by atoms with E-state index >= 15 is 0 Å². The van der Waals surface area contributed by atoms with Crippen molar-refractivity contribution in [3.8, 4) is 0 Å². The maximum Gasteiger partial charge on any atom is 0.410 e. The summed E-state index contributed by atoms with van der Waals surface area (Å²) in [5.74, 6) is 0.670. The second-order valence-corrected chi connectivity index (χ2v) is 7.86. The van der Waals surface area contributed by atoms with Gasteiger partial charge in [-0.2, -0.15) is 0 Å². The molecule has 1 spiro atoms. The van der Waals surface area contributed by atoms with Crippen LogP contribution in [-0.2, 0) is 9.53 Å². The Balaban J connectivity index is 1.65. The molecule has 0 bridgehead atoms. The van der Waals surface area contributed by atoms with E-state index < -0.39 is 11.6 Å². The number of carbonyl (C=O) groups is 2. The van der Waals surface area contributed by atoms with Crippen molar-refractivity contribution in [2.75, 3.05) is 18.4 Å². The van der Waals surface area contributed by atoms with Crippen molar-refractivity contribution in [1.82, 2.24) is 9.88 Å². The summed E-state index contributed by atoms with van der Waals surface area (Å²) in [6.07, 6.45) is 4.21. The number of nitrogens with zero attached hydrogens (tertiary/aromatic N) is 2. The molecular formula is C18H25N3O3. The van der Waals surface area contributed by atoms with Gasteiger partial charge in [0.05, 0.1) is 12.6 Å². The Bertz CT molecular complexity index is 620. The van der Waals surface area contributed by atoms with E-state index in [1.165, 1.54) is 0 Å². The minimum atomic E-state index is -0.559. The zero-order chi connectivity index (χ0) is 17.4. The summed E-state index contributed by atoms with van der Waals surface area (Å²) in [6, 6.07) is 5.10. The van der Waals surface area contributed by atoms with Gasteiger partial charge in [-0.15, -0.1) is 0 Å². The largest absolute Gasteiger partial charge is 0.444 e. The number of ketones is 1. The van der Waals surface area contributed by atoms with Crippen LogP contribution in [0.4, 0.5) is 10.6 Å². The van der Waals surface area contributed by atoms with Crippen molar-refractivity contribution >= 4 is 17.7 Å². The highest BCUT2D eigenvalue weighted by atomic mass is 16.6. The minimum absolute atomic E-state index is 0.00953. The van der Waals surface area contributed by atoms with Gasteiger partial charge in [0, 0.05) is 12.7 Å². The first kappa shape index (κ1) is 16.7. The Morgan fingerprint density at radius 2 is 2.12 bits per heavy atom. The number of rotatable bonds is 4. The van der Waals surface area contributed by atoms with Crippen LogP contribution in [-0.4, -0.2) is 46.5 Å². The Labute approximate surface area is 142 Å². The first-order valence-electron chi connectivity index (χ1n) is 8.45. The summed E-state index contributed by atoms with van der Waals surface area (Å²) in [5.41, 5.74) is -0.418. The Morgan fingerprint density at radius 3 is 2.71 bits per heavy atom. The van der Waals surface area contributed by atoms with E-state index in [0.717, 1.165) is 19.3 Å². The molecule has 0 radical (unpaired) electrons. The van der Waals surface area contributed by atoms with Crippen molar-refractivity contribution in [1.29, 1.82) is 0 Å². The lowest BCUT2D eigenvalue weighted by molar-refractivity contribution is -0.121. The number of Topliss-reactive ketones (excluding diaryl/α,β-unsaturated/α-hetero) is 1. The maximum absolute atomic E-state index is 12.7. The van der Waals surface area contributed by atoms with Crippen molar-refractivity contribution in [2.45, 2.75) is 51.7 Å². The second kappa shape index (κ2) is 6.07. The maximum atomic E-state index is 12.7. The molecule has 1 saturated carbocycles.